The van der Waals surface area contributed by atoms with E-state index >= 15 is 0 Å². The Kier molecular flexibility index (Phi) is 4.59. The topological polar surface area (TPSA) is 96.0 Å². The molecule has 0 aliphatic rings. The van der Waals surface area contributed by atoms with Crippen LogP contribution in [0.3, 0.4) is 0 Å². The molecule has 0 amide bonds. The Balaban J connectivity index is 2.60. The minimum absolute atomic E-state index is 0.00922. The van der Waals surface area contributed by atoms with Crippen molar-refractivity contribution in [1.29, 1.82) is 5.41 Å². The smallest absolute Gasteiger partial charge is 0.240 e. The molecule has 0 bridgehead atoms. The molecule has 94 valence electrons. The number of benzene rings is 1. The number of rotatable bonds is 6. The molecule has 0 aliphatic heterocycles. The van der Waals surface area contributed by atoms with Gasteiger partial charge in [-0.15, -0.1) is 0 Å². The second-order valence-corrected chi connectivity index (χ2v) is 5.25. The molecule has 0 spiro atoms. The van der Waals surface area contributed by atoms with E-state index in [2.05, 4.69) is 4.72 Å². The first-order chi connectivity index (χ1) is 7.92. The maximum atomic E-state index is 12.9. The lowest BCUT2D eigenvalue weighted by molar-refractivity contribution is 0.576. The number of amidine groups is 1. The highest BCUT2D eigenvalue weighted by molar-refractivity contribution is 7.89. The lowest BCUT2D eigenvalue weighted by atomic mass is 10.3. The average Bonchev–Trinajstić information content (AvgIpc) is 2.24. The van der Waals surface area contributed by atoms with Gasteiger partial charge in [0.15, 0.2) is 0 Å². The highest BCUT2D eigenvalue weighted by Crippen LogP contribution is 2.10. The van der Waals surface area contributed by atoms with Crippen LogP contribution in [0.25, 0.3) is 0 Å². The van der Waals surface area contributed by atoms with Crippen LogP contribution >= 0.6 is 0 Å². The van der Waals surface area contributed by atoms with E-state index in [0.717, 1.165) is 6.07 Å². The van der Waals surface area contributed by atoms with Crippen molar-refractivity contribution in [1.82, 2.24) is 4.72 Å². The number of hydrogen-bond donors (Lipinski definition) is 3. The zero-order valence-corrected chi connectivity index (χ0v) is 9.93. The minimum Gasteiger partial charge on any atom is -0.388 e. The van der Waals surface area contributed by atoms with Crippen molar-refractivity contribution in [2.24, 2.45) is 5.73 Å². The van der Waals surface area contributed by atoms with E-state index in [-0.39, 0.29) is 17.3 Å². The van der Waals surface area contributed by atoms with Crippen molar-refractivity contribution in [2.75, 3.05) is 6.54 Å². The molecule has 0 fully saturated rings. The first kappa shape index (κ1) is 13.6. The Bertz CT molecular complexity index is 502. The number of hydrogen-bond acceptors (Lipinski definition) is 3. The largest absolute Gasteiger partial charge is 0.388 e. The van der Waals surface area contributed by atoms with Gasteiger partial charge in [0.05, 0.1) is 10.7 Å². The predicted molar refractivity (Wildman–Crippen MR) is 62.7 cm³/mol. The van der Waals surface area contributed by atoms with Crippen molar-refractivity contribution in [3.05, 3.63) is 30.1 Å². The van der Waals surface area contributed by atoms with Crippen LogP contribution in [-0.4, -0.2) is 20.8 Å². The molecule has 1 aromatic rings. The molecule has 0 heterocycles. The van der Waals surface area contributed by atoms with Gasteiger partial charge in [0, 0.05) is 13.0 Å². The molecule has 4 N–H and O–H groups in total. The summed E-state index contributed by atoms with van der Waals surface area (Å²) in [6.45, 7) is 0.165. The lowest BCUT2D eigenvalue weighted by Gasteiger charge is -2.06. The summed E-state index contributed by atoms with van der Waals surface area (Å²) in [6.07, 6.45) is 0.759. The van der Waals surface area contributed by atoms with Crippen LogP contribution < -0.4 is 10.5 Å². The molecule has 17 heavy (non-hydrogen) atoms. The van der Waals surface area contributed by atoms with Crippen molar-refractivity contribution < 1.29 is 12.8 Å². The summed E-state index contributed by atoms with van der Waals surface area (Å²) in [5.74, 6) is -0.591. The highest BCUT2D eigenvalue weighted by atomic mass is 32.2. The van der Waals surface area contributed by atoms with E-state index in [1.165, 1.54) is 18.2 Å². The van der Waals surface area contributed by atoms with Crippen LogP contribution in [-0.2, 0) is 10.0 Å². The summed E-state index contributed by atoms with van der Waals surface area (Å²) in [7, 11) is -3.68. The van der Waals surface area contributed by atoms with Gasteiger partial charge in [-0.1, -0.05) is 6.07 Å². The zero-order chi connectivity index (χ0) is 12.9. The molecule has 0 unspecified atom stereocenters. The molecular formula is C10H14FN3O2S. The van der Waals surface area contributed by atoms with Gasteiger partial charge in [-0.3, -0.25) is 5.41 Å². The zero-order valence-electron chi connectivity index (χ0n) is 9.11. The van der Waals surface area contributed by atoms with Gasteiger partial charge < -0.3 is 5.73 Å². The molecule has 0 saturated carbocycles. The SMILES string of the molecule is N=C(N)CCCNS(=O)(=O)c1cccc(F)c1. The summed E-state index contributed by atoms with van der Waals surface area (Å²) in [4.78, 5) is -0.111. The average molecular weight is 259 g/mol. The molecule has 0 atom stereocenters. The van der Waals surface area contributed by atoms with Crippen molar-refractivity contribution in [3.63, 3.8) is 0 Å². The van der Waals surface area contributed by atoms with Crippen molar-refractivity contribution >= 4 is 15.9 Å². The van der Waals surface area contributed by atoms with E-state index in [9.17, 15) is 12.8 Å². The third kappa shape index (κ3) is 4.49. The standard InChI is InChI=1S/C10H14FN3O2S/c11-8-3-1-4-9(7-8)17(15,16)14-6-2-5-10(12)13/h1,3-4,7,14H,2,5-6H2,(H3,12,13). The molecule has 0 saturated heterocycles. The van der Waals surface area contributed by atoms with E-state index in [1.807, 2.05) is 0 Å². The van der Waals surface area contributed by atoms with Gasteiger partial charge in [-0.25, -0.2) is 17.5 Å². The molecule has 1 rings (SSSR count). The lowest BCUT2D eigenvalue weighted by Crippen LogP contribution is -2.25. The number of sulfonamides is 1. The van der Waals surface area contributed by atoms with Gasteiger partial charge in [0.25, 0.3) is 0 Å². The molecule has 0 aliphatic carbocycles. The maximum absolute atomic E-state index is 12.9. The first-order valence-electron chi connectivity index (χ1n) is 5.00. The van der Waals surface area contributed by atoms with Crippen LogP contribution in [0, 0.1) is 11.2 Å². The molecular weight excluding hydrogens is 245 g/mol. The Labute approximate surface area is 99.4 Å². The second kappa shape index (κ2) is 5.74. The van der Waals surface area contributed by atoms with E-state index < -0.39 is 15.8 Å². The first-order valence-corrected chi connectivity index (χ1v) is 6.48. The summed E-state index contributed by atoms with van der Waals surface area (Å²) in [5.41, 5.74) is 5.13. The quantitative estimate of drug-likeness (QED) is 0.401. The monoisotopic (exact) mass is 259 g/mol. The second-order valence-electron chi connectivity index (χ2n) is 3.48. The molecule has 1 aromatic carbocycles. The third-order valence-electron chi connectivity index (χ3n) is 2.02. The maximum Gasteiger partial charge on any atom is 0.240 e. The predicted octanol–water partition coefficient (Wildman–Crippen LogP) is 0.820. The highest BCUT2D eigenvalue weighted by Gasteiger charge is 2.13. The molecule has 5 nitrogen and oxygen atoms in total. The number of nitrogens with one attached hydrogen (secondary N) is 2. The van der Waals surface area contributed by atoms with Gasteiger partial charge in [-0.05, 0) is 24.6 Å². The third-order valence-corrected chi connectivity index (χ3v) is 3.48. The van der Waals surface area contributed by atoms with Gasteiger partial charge in [-0.2, -0.15) is 0 Å². The Hall–Kier alpha value is -1.47. The van der Waals surface area contributed by atoms with E-state index in [1.54, 1.807) is 0 Å². The van der Waals surface area contributed by atoms with Crippen molar-refractivity contribution in [3.8, 4) is 0 Å². The minimum atomic E-state index is -3.68. The normalized spacial score (nSPS) is 11.4. The van der Waals surface area contributed by atoms with Crippen LogP contribution in [0.1, 0.15) is 12.8 Å². The fourth-order valence-electron chi connectivity index (χ4n) is 1.20. The summed E-state index contributed by atoms with van der Waals surface area (Å²) >= 11 is 0. The summed E-state index contributed by atoms with van der Waals surface area (Å²) < 4.78 is 38.5. The van der Waals surface area contributed by atoms with Crippen molar-refractivity contribution in [2.45, 2.75) is 17.7 Å². The van der Waals surface area contributed by atoms with Gasteiger partial charge >= 0.3 is 0 Å². The molecule has 7 heteroatoms. The molecule has 0 aromatic heterocycles. The van der Waals surface area contributed by atoms with Crippen LogP contribution in [0.2, 0.25) is 0 Å². The van der Waals surface area contributed by atoms with Crippen LogP contribution in [0.15, 0.2) is 29.2 Å². The van der Waals surface area contributed by atoms with E-state index in [0.29, 0.717) is 12.8 Å². The van der Waals surface area contributed by atoms with Crippen LogP contribution in [0.4, 0.5) is 4.39 Å². The summed E-state index contributed by atoms with van der Waals surface area (Å²) in [5, 5.41) is 6.97. The van der Waals surface area contributed by atoms with Crippen LogP contribution in [0.5, 0.6) is 0 Å². The Morgan fingerprint density at radius 3 is 2.76 bits per heavy atom. The van der Waals surface area contributed by atoms with Gasteiger partial charge in [0.1, 0.15) is 5.82 Å². The Morgan fingerprint density at radius 2 is 2.18 bits per heavy atom. The fraction of sp³-hybridized carbons (Fsp3) is 0.300. The Morgan fingerprint density at radius 1 is 1.47 bits per heavy atom. The molecule has 0 radical (unpaired) electrons. The van der Waals surface area contributed by atoms with E-state index in [4.69, 9.17) is 11.1 Å². The fourth-order valence-corrected chi connectivity index (χ4v) is 2.31. The van der Waals surface area contributed by atoms with Gasteiger partial charge in [0.2, 0.25) is 10.0 Å². The number of nitrogens with two attached hydrogens (primary N) is 1. The number of halogens is 1. The summed E-state index contributed by atoms with van der Waals surface area (Å²) in [6, 6.07) is 4.78.